The largest absolute Gasteiger partial charge is 0.393 e. The Bertz CT molecular complexity index is 953. The van der Waals surface area contributed by atoms with Gasteiger partial charge in [0.05, 0.1) is 28.2 Å². The van der Waals surface area contributed by atoms with E-state index in [-0.39, 0.29) is 24.0 Å². The lowest BCUT2D eigenvalue weighted by Crippen LogP contribution is -2.41. The molecule has 5 heteroatoms. The SMILES string of the molecule is O=C(N[C@@H](c1cnc2ccccc2c1)C1CC(O)C1)c1ccccc1Cl. The molecule has 1 aliphatic carbocycles. The van der Waals surface area contributed by atoms with Crippen molar-refractivity contribution in [3.63, 3.8) is 0 Å². The molecule has 1 fully saturated rings. The molecule has 1 aliphatic rings. The minimum atomic E-state index is -0.298. The normalized spacial score (nSPS) is 20.4. The van der Waals surface area contributed by atoms with Crippen molar-refractivity contribution in [2.24, 2.45) is 5.92 Å². The monoisotopic (exact) mass is 366 g/mol. The summed E-state index contributed by atoms with van der Waals surface area (Å²) < 4.78 is 0. The maximum atomic E-state index is 12.8. The molecule has 132 valence electrons. The Morgan fingerprint density at radius 2 is 1.88 bits per heavy atom. The zero-order valence-electron chi connectivity index (χ0n) is 14.1. The van der Waals surface area contributed by atoms with Gasteiger partial charge in [-0.1, -0.05) is 41.9 Å². The first-order chi connectivity index (χ1) is 12.6. The molecule has 3 aromatic rings. The van der Waals surface area contributed by atoms with Crippen LogP contribution in [0.1, 0.15) is 34.8 Å². The molecule has 2 aromatic carbocycles. The molecule has 1 atom stereocenters. The second-order valence-corrected chi connectivity index (χ2v) is 7.18. The number of nitrogens with one attached hydrogen (secondary N) is 1. The number of halogens is 1. The number of nitrogens with zero attached hydrogens (tertiary/aromatic N) is 1. The summed E-state index contributed by atoms with van der Waals surface area (Å²) in [6.45, 7) is 0. The van der Waals surface area contributed by atoms with Gasteiger partial charge in [-0.25, -0.2) is 0 Å². The topological polar surface area (TPSA) is 62.2 Å². The summed E-state index contributed by atoms with van der Waals surface area (Å²) in [5.74, 6) is -0.0328. The van der Waals surface area contributed by atoms with Crippen molar-refractivity contribution in [3.8, 4) is 0 Å². The van der Waals surface area contributed by atoms with Crippen molar-refractivity contribution in [2.75, 3.05) is 0 Å². The third-order valence-corrected chi connectivity index (χ3v) is 5.33. The van der Waals surface area contributed by atoms with E-state index in [0.29, 0.717) is 23.4 Å². The quantitative estimate of drug-likeness (QED) is 0.729. The van der Waals surface area contributed by atoms with Gasteiger partial charge >= 0.3 is 0 Å². The van der Waals surface area contributed by atoms with Gasteiger partial charge in [-0.15, -0.1) is 0 Å². The Balaban J connectivity index is 1.65. The number of aliphatic hydroxyl groups is 1. The lowest BCUT2D eigenvalue weighted by molar-refractivity contribution is 0.0235. The maximum absolute atomic E-state index is 12.8. The van der Waals surface area contributed by atoms with Crippen molar-refractivity contribution >= 4 is 28.4 Å². The lowest BCUT2D eigenvalue weighted by atomic mass is 9.75. The molecule has 1 aromatic heterocycles. The van der Waals surface area contributed by atoms with Gasteiger partial charge in [0.2, 0.25) is 0 Å². The summed E-state index contributed by atoms with van der Waals surface area (Å²) >= 11 is 6.16. The molecular weight excluding hydrogens is 348 g/mol. The molecule has 0 spiro atoms. The molecule has 4 nitrogen and oxygen atoms in total. The van der Waals surface area contributed by atoms with Gasteiger partial charge in [0.15, 0.2) is 0 Å². The number of amides is 1. The molecule has 0 saturated heterocycles. The second-order valence-electron chi connectivity index (χ2n) is 6.78. The highest BCUT2D eigenvalue weighted by Gasteiger charge is 2.36. The van der Waals surface area contributed by atoms with Crippen LogP contribution in [0, 0.1) is 5.92 Å². The van der Waals surface area contributed by atoms with E-state index >= 15 is 0 Å². The molecular formula is C21H19ClN2O2. The van der Waals surface area contributed by atoms with Crippen molar-refractivity contribution in [1.82, 2.24) is 10.3 Å². The van der Waals surface area contributed by atoms with Crippen molar-refractivity contribution in [2.45, 2.75) is 25.0 Å². The van der Waals surface area contributed by atoms with Gasteiger partial charge < -0.3 is 10.4 Å². The molecule has 0 bridgehead atoms. The number of rotatable bonds is 4. The number of aromatic nitrogens is 1. The number of aliphatic hydroxyl groups excluding tert-OH is 1. The van der Waals surface area contributed by atoms with Gasteiger partial charge in [0.1, 0.15) is 0 Å². The highest BCUT2D eigenvalue weighted by molar-refractivity contribution is 6.33. The van der Waals surface area contributed by atoms with Crippen molar-refractivity contribution < 1.29 is 9.90 Å². The zero-order valence-corrected chi connectivity index (χ0v) is 14.9. The van der Waals surface area contributed by atoms with Crippen LogP contribution in [0.5, 0.6) is 0 Å². The van der Waals surface area contributed by atoms with Crippen LogP contribution in [0.2, 0.25) is 5.02 Å². The van der Waals surface area contributed by atoms with Gasteiger partial charge in [-0.2, -0.15) is 0 Å². The van der Waals surface area contributed by atoms with Crippen LogP contribution >= 0.6 is 11.6 Å². The fraction of sp³-hybridized carbons (Fsp3) is 0.238. The standard InChI is InChI=1S/C21H19ClN2O2/c22-18-7-3-2-6-17(18)21(26)24-20(14-10-16(25)11-14)15-9-13-5-1-4-8-19(13)23-12-15/h1-9,12,14,16,20,25H,10-11H2,(H,24,26)/t14?,16?,20-/m1/s1. The highest BCUT2D eigenvalue weighted by Crippen LogP contribution is 2.38. The molecule has 1 amide bonds. The number of para-hydroxylation sites is 1. The first kappa shape index (κ1) is 17.0. The Morgan fingerprint density at radius 3 is 2.65 bits per heavy atom. The number of hydrogen-bond acceptors (Lipinski definition) is 3. The van der Waals surface area contributed by atoms with Crippen LogP contribution in [0.3, 0.4) is 0 Å². The van der Waals surface area contributed by atoms with E-state index in [1.165, 1.54) is 0 Å². The summed E-state index contributed by atoms with van der Waals surface area (Å²) in [6.07, 6.45) is 2.85. The minimum Gasteiger partial charge on any atom is -0.393 e. The van der Waals surface area contributed by atoms with Crippen LogP contribution in [-0.2, 0) is 0 Å². The van der Waals surface area contributed by atoms with E-state index in [4.69, 9.17) is 11.6 Å². The van der Waals surface area contributed by atoms with Crippen LogP contribution in [0.25, 0.3) is 10.9 Å². The first-order valence-electron chi connectivity index (χ1n) is 8.70. The van der Waals surface area contributed by atoms with Crippen LogP contribution in [0.15, 0.2) is 60.8 Å². The van der Waals surface area contributed by atoms with Crippen LogP contribution in [0.4, 0.5) is 0 Å². The van der Waals surface area contributed by atoms with Crippen molar-refractivity contribution in [3.05, 3.63) is 76.9 Å². The van der Waals surface area contributed by atoms with Gasteiger partial charge in [-0.05, 0) is 48.6 Å². The summed E-state index contributed by atoms with van der Waals surface area (Å²) in [6, 6.07) is 16.7. The average Bonchev–Trinajstić information content (AvgIpc) is 2.63. The van der Waals surface area contributed by atoms with Gasteiger partial charge in [-0.3, -0.25) is 9.78 Å². The van der Waals surface area contributed by atoms with E-state index < -0.39 is 0 Å². The highest BCUT2D eigenvalue weighted by atomic mass is 35.5. The summed E-state index contributed by atoms with van der Waals surface area (Å²) in [7, 11) is 0. The second kappa shape index (κ2) is 7.06. The van der Waals surface area contributed by atoms with Crippen LogP contribution in [-0.4, -0.2) is 22.1 Å². The number of pyridine rings is 1. The minimum absolute atomic E-state index is 0.180. The lowest BCUT2D eigenvalue weighted by Gasteiger charge is -2.38. The molecule has 1 heterocycles. The first-order valence-corrected chi connectivity index (χ1v) is 9.08. The van der Waals surface area contributed by atoms with E-state index in [9.17, 15) is 9.90 Å². The summed E-state index contributed by atoms with van der Waals surface area (Å²) in [5.41, 5.74) is 2.31. The fourth-order valence-corrected chi connectivity index (χ4v) is 3.72. The van der Waals surface area contributed by atoms with Gasteiger partial charge in [0, 0.05) is 11.6 Å². The smallest absolute Gasteiger partial charge is 0.253 e. The molecule has 2 N–H and O–H groups in total. The maximum Gasteiger partial charge on any atom is 0.253 e. The van der Waals surface area contributed by atoms with E-state index in [1.54, 1.807) is 24.3 Å². The van der Waals surface area contributed by atoms with E-state index in [1.807, 2.05) is 30.5 Å². The van der Waals surface area contributed by atoms with Crippen molar-refractivity contribution in [1.29, 1.82) is 0 Å². The van der Waals surface area contributed by atoms with Gasteiger partial charge in [0.25, 0.3) is 5.91 Å². The number of carbonyl (C=O) groups is 1. The third-order valence-electron chi connectivity index (χ3n) is 5.00. The third kappa shape index (κ3) is 3.30. The number of carbonyl (C=O) groups excluding carboxylic acids is 1. The fourth-order valence-electron chi connectivity index (χ4n) is 3.50. The molecule has 0 aliphatic heterocycles. The molecule has 1 saturated carbocycles. The molecule has 4 rings (SSSR count). The molecule has 0 unspecified atom stereocenters. The average molecular weight is 367 g/mol. The van der Waals surface area contributed by atoms with E-state index in [0.717, 1.165) is 16.5 Å². The number of benzene rings is 2. The number of hydrogen-bond donors (Lipinski definition) is 2. The Hall–Kier alpha value is -2.43. The Labute approximate surface area is 156 Å². The Kier molecular flexibility index (Phi) is 4.62. The summed E-state index contributed by atoms with van der Waals surface area (Å²) in [5, 5.41) is 14.3. The molecule has 26 heavy (non-hydrogen) atoms. The molecule has 0 radical (unpaired) electrons. The Morgan fingerprint density at radius 1 is 1.15 bits per heavy atom. The predicted molar refractivity (Wildman–Crippen MR) is 102 cm³/mol. The summed E-state index contributed by atoms with van der Waals surface area (Å²) in [4.78, 5) is 17.3. The van der Waals surface area contributed by atoms with E-state index in [2.05, 4.69) is 16.4 Å². The predicted octanol–water partition coefficient (Wildman–Crippen LogP) is 4.13. The zero-order chi connectivity index (χ0) is 18.1. The number of fused-ring (bicyclic) bond motifs is 1. The van der Waals surface area contributed by atoms with Crippen LogP contribution < -0.4 is 5.32 Å².